The maximum Gasteiger partial charge on any atom is 0.135 e. The summed E-state index contributed by atoms with van der Waals surface area (Å²) in [5, 5.41) is 2.26. The molecule has 40 heavy (non-hydrogen) atoms. The van der Waals surface area contributed by atoms with E-state index in [-0.39, 0.29) is 5.41 Å². The molecule has 1 aliphatic carbocycles. The number of hydrogen-bond acceptors (Lipinski definition) is 2. The van der Waals surface area contributed by atoms with E-state index in [9.17, 15) is 0 Å². The van der Waals surface area contributed by atoms with Gasteiger partial charge in [-0.2, -0.15) is 0 Å². The number of benzene rings is 5. The van der Waals surface area contributed by atoms with Crippen LogP contribution in [0.3, 0.4) is 0 Å². The van der Waals surface area contributed by atoms with Crippen LogP contribution in [0.1, 0.15) is 25.0 Å². The Morgan fingerprint density at radius 2 is 1.12 bits per heavy atom. The molecule has 2 heteroatoms. The standard InChI is InChI=1S/C38H27NO/c1-38(2)32-16-10-9-15-28(32)29-22-31-30-19-26(17-18-36(30)40-37(31)23-33(29)38)35-21-27(24-11-5-3-6-12-24)20-34(39-35)25-13-7-4-8-14-25/h3-23H,1-2H3. The van der Waals surface area contributed by atoms with Crippen molar-refractivity contribution in [2.24, 2.45) is 0 Å². The summed E-state index contributed by atoms with van der Waals surface area (Å²) in [5.41, 5.74) is 13.5. The van der Waals surface area contributed by atoms with Gasteiger partial charge >= 0.3 is 0 Å². The number of fused-ring (bicyclic) bond motifs is 6. The largest absolute Gasteiger partial charge is 0.456 e. The van der Waals surface area contributed by atoms with Gasteiger partial charge in [0.25, 0.3) is 0 Å². The van der Waals surface area contributed by atoms with E-state index in [0.29, 0.717) is 0 Å². The van der Waals surface area contributed by atoms with Crippen LogP contribution in [0.2, 0.25) is 0 Å². The molecule has 190 valence electrons. The Morgan fingerprint density at radius 1 is 0.475 bits per heavy atom. The van der Waals surface area contributed by atoms with E-state index < -0.39 is 0 Å². The van der Waals surface area contributed by atoms with Gasteiger partial charge in [0.05, 0.1) is 11.4 Å². The zero-order valence-corrected chi connectivity index (χ0v) is 22.5. The molecule has 2 nitrogen and oxygen atoms in total. The molecule has 0 atom stereocenters. The summed E-state index contributed by atoms with van der Waals surface area (Å²) in [6, 6.07) is 45.1. The summed E-state index contributed by atoms with van der Waals surface area (Å²) in [5.74, 6) is 0. The Morgan fingerprint density at radius 3 is 1.90 bits per heavy atom. The first-order chi connectivity index (χ1) is 19.6. The van der Waals surface area contributed by atoms with Crippen molar-refractivity contribution in [3.63, 3.8) is 0 Å². The molecule has 2 aromatic heterocycles. The molecule has 8 rings (SSSR count). The van der Waals surface area contributed by atoms with Crippen LogP contribution < -0.4 is 0 Å². The van der Waals surface area contributed by atoms with E-state index in [0.717, 1.165) is 50.0 Å². The van der Waals surface area contributed by atoms with E-state index in [2.05, 4.69) is 135 Å². The molecule has 7 aromatic rings. The van der Waals surface area contributed by atoms with Crippen LogP contribution in [-0.4, -0.2) is 4.98 Å². The van der Waals surface area contributed by atoms with Crippen LogP contribution in [0.15, 0.2) is 132 Å². The maximum absolute atomic E-state index is 6.43. The molecular weight excluding hydrogens is 486 g/mol. The van der Waals surface area contributed by atoms with Crippen LogP contribution in [0.4, 0.5) is 0 Å². The highest BCUT2D eigenvalue weighted by Crippen LogP contribution is 2.50. The van der Waals surface area contributed by atoms with E-state index in [1.807, 2.05) is 6.07 Å². The molecule has 0 N–H and O–H groups in total. The summed E-state index contributed by atoms with van der Waals surface area (Å²) in [6.45, 7) is 4.61. The SMILES string of the molecule is CC1(C)c2ccccc2-c2cc3c(cc21)oc1ccc(-c2cc(-c4ccccc4)cc(-c4ccccc4)n2)cc13. The van der Waals surface area contributed by atoms with E-state index in [1.54, 1.807) is 0 Å². The highest BCUT2D eigenvalue weighted by atomic mass is 16.3. The highest BCUT2D eigenvalue weighted by Gasteiger charge is 2.36. The van der Waals surface area contributed by atoms with E-state index in [1.165, 1.54) is 27.8 Å². The molecule has 0 amide bonds. The molecule has 0 unspecified atom stereocenters. The van der Waals surface area contributed by atoms with Gasteiger partial charge in [-0.05, 0) is 75.8 Å². The number of furan rings is 1. The first kappa shape index (κ1) is 23.0. The third kappa shape index (κ3) is 3.46. The molecule has 0 saturated heterocycles. The van der Waals surface area contributed by atoms with Crippen molar-refractivity contribution in [1.29, 1.82) is 0 Å². The zero-order chi connectivity index (χ0) is 26.8. The number of nitrogens with zero attached hydrogens (tertiary/aromatic N) is 1. The van der Waals surface area contributed by atoms with Crippen LogP contribution in [0, 0.1) is 0 Å². The monoisotopic (exact) mass is 513 g/mol. The number of aromatic nitrogens is 1. The normalized spacial score (nSPS) is 13.4. The minimum absolute atomic E-state index is 0.0557. The molecule has 5 aromatic carbocycles. The average Bonchev–Trinajstić information content (AvgIpc) is 3.48. The van der Waals surface area contributed by atoms with Gasteiger partial charge in [-0.3, -0.25) is 0 Å². The molecular formula is C38H27NO. The predicted octanol–water partition coefficient (Wildman–Crippen LogP) is 10.3. The summed E-state index contributed by atoms with van der Waals surface area (Å²) in [6.07, 6.45) is 0. The molecule has 0 bridgehead atoms. The zero-order valence-electron chi connectivity index (χ0n) is 22.5. The Hall–Kier alpha value is -4.95. The Kier molecular flexibility index (Phi) is 4.90. The minimum Gasteiger partial charge on any atom is -0.456 e. The third-order valence-electron chi connectivity index (χ3n) is 8.47. The summed E-state index contributed by atoms with van der Waals surface area (Å²) in [7, 11) is 0. The summed E-state index contributed by atoms with van der Waals surface area (Å²) < 4.78 is 6.43. The van der Waals surface area contributed by atoms with Gasteiger partial charge in [0.1, 0.15) is 11.2 Å². The fourth-order valence-corrected chi connectivity index (χ4v) is 6.36. The van der Waals surface area contributed by atoms with Crippen molar-refractivity contribution in [2.45, 2.75) is 19.3 Å². The van der Waals surface area contributed by atoms with Crippen molar-refractivity contribution < 1.29 is 4.42 Å². The van der Waals surface area contributed by atoms with Crippen LogP contribution in [-0.2, 0) is 5.41 Å². The number of hydrogen-bond donors (Lipinski definition) is 0. The van der Waals surface area contributed by atoms with Crippen molar-refractivity contribution in [2.75, 3.05) is 0 Å². The van der Waals surface area contributed by atoms with Gasteiger partial charge in [-0.25, -0.2) is 4.98 Å². The Bertz CT molecular complexity index is 2010. The van der Waals surface area contributed by atoms with Gasteiger partial charge in [0, 0.05) is 27.3 Å². The van der Waals surface area contributed by atoms with Crippen LogP contribution >= 0.6 is 0 Å². The molecule has 1 aliphatic rings. The van der Waals surface area contributed by atoms with Crippen molar-refractivity contribution in [1.82, 2.24) is 4.98 Å². The lowest BCUT2D eigenvalue weighted by Gasteiger charge is -2.21. The highest BCUT2D eigenvalue weighted by molar-refractivity contribution is 6.09. The lowest BCUT2D eigenvalue weighted by atomic mass is 9.82. The molecule has 0 fully saturated rings. The number of pyridine rings is 1. The fraction of sp³-hybridized carbons (Fsp3) is 0.0789. The minimum atomic E-state index is -0.0557. The van der Waals surface area contributed by atoms with Gasteiger partial charge in [0.15, 0.2) is 0 Å². The molecule has 2 heterocycles. The number of rotatable bonds is 3. The maximum atomic E-state index is 6.43. The second kappa shape index (κ2) is 8.53. The molecule has 0 aliphatic heterocycles. The second-order valence-electron chi connectivity index (χ2n) is 11.2. The first-order valence-electron chi connectivity index (χ1n) is 13.8. The Balaban J connectivity index is 1.33. The third-order valence-corrected chi connectivity index (χ3v) is 8.47. The van der Waals surface area contributed by atoms with Crippen molar-refractivity contribution in [3.05, 3.63) is 139 Å². The smallest absolute Gasteiger partial charge is 0.135 e. The van der Waals surface area contributed by atoms with Crippen molar-refractivity contribution >= 4 is 21.9 Å². The lowest BCUT2D eigenvalue weighted by molar-refractivity contribution is 0.647. The van der Waals surface area contributed by atoms with Gasteiger partial charge in [-0.15, -0.1) is 0 Å². The van der Waals surface area contributed by atoms with Gasteiger partial charge in [-0.1, -0.05) is 98.8 Å². The summed E-state index contributed by atoms with van der Waals surface area (Å²) >= 11 is 0. The average molecular weight is 514 g/mol. The Labute approximate surface area is 233 Å². The molecule has 0 saturated carbocycles. The quantitative estimate of drug-likeness (QED) is 0.235. The molecule has 0 radical (unpaired) electrons. The second-order valence-corrected chi connectivity index (χ2v) is 11.2. The topological polar surface area (TPSA) is 26.0 Å². The fourth-order valence-electron chi connectivity index (χ4n) is 6.36. The lowest BCUT2D eigenvalue weighted by Crippen LogP contribution is -2.14. The van der Waals surface area contributed by atoms with Crippen LogP contribution in [0.25, 0.3) is 66.7 Å². The summed E-state index contributed by atoms with van der Waals surface area (Å²) in [4.78, 5) is 5.15. The predicted molar refractivity (Wildman–Crippen MR) is 165 cm³/mol. The van der Waals surface area contributed by atoms with Crippen molar-refractivity contribution in [3.8, 4) is 44.8 Å². The molecule has 0 spiro atoms. The first-order valence-corrected chi connectivity index (χ1v) is 13.8. The van der Waals surface area contributed by atoms with E-state index >= 15 is 0 Å². The van der Waals surface area contributed by atoms with Crippen LogP contribution in [0.5, 0.6) is 0 Å². The van der Waals surface area contributed by atoms with E-state index in [4.69, 9.17) is 9.40 Å². The van der Waals surface area contributed by atoms with Gasteiger partial charge < -0.3 is 4.42 Å². The van der Waals surface area contributed by atoms with Gasteiger partial charge in [0.2, 0.25) is 0 Å².